The van der Waals surface area contributed by atoms with Gasteiger partial charge in [0.25, 0.3) is 0 Å². The van der Waals surface area contributed by atoms with E-state index in [2.05, 4.69) is 26.0 Å². The monoisotopic (exact) mass is 334 g/mol. The van der Waals surface area contributed by atoms with Gasteiger partial charge in [-0.2, -0.15) is 0 Å². The highest BCUT2D eigenvalue weighted by Crippen LogP contribution is 2.19. The van der Waals surface area contributed by atoms with Crippen LogP contribution in [-0.4, -0.2) is 26.6 Å². The summed E-state index contributed by atoms with van der Waals surface area (Å²) in [7, 11) is -3.34. The summed E-state index contributed by atoms with van der Waals surface area (Å²) < 4.78 is 25.5. The molecule has 1 aromatic rings. The van der Waals surface area contributed by atoms with Gasteiger partial charge in [-0.15, -0.1) is 0 Å². The van der Waals surface area contributed by atoms with Crippen molar-refractivity contribution < 1.29 is 13.2 Å². The molecule has 0 aliphatic carbocycles. The molecule has 1 rings (SSSR count). The van der Waals surface area contributed by atoms with Crippen molar-refractivity contribution in [2.24, 2.45) is 0 Å². The molecule has 0 bridgehead atoms. The van der Waals surface area contributed by atoms with E-state index >= 15 is 0 Å². The van der Waals surface area contributed by atoms with E-state index in [1.165, 1.54) is 6.92 Å². The molecule has 0 aliphatic rings. The van der Waals surface area contributed by atoms with Crippen LogP contribution in [0.25, 0.3) is 0 Å². The molecule has 1 amide bonds. The quantitative estimate of drug-likeness (QED) is 0.859. The lowest BCUT2D eigenvalue weighted by Crippen LogP contribution is -2.33. The average Bonchev–Trinajstić information content (AvgIpc) is 2.30. The van der Waals surface area contributed by atoms with E-state index < -0.39 is 15.9 Å². The Morgan fingerprint density at radius 3 is 2.61 bits per heavy atom. The molecule has 1 aromatic carbocycles. The van der Waals surface area contributed by atoms with E-state index in [0.717, 1.165) is 10.0 Å². The number of halogens is 1. The predicted molar refractivity (Wildman–Crippen MR) is 75.0 cm³/mol. The number of carbonyl (C=O) groups is 1. The van der Waals surface area contributed by atoms with Gasteiger partial charge in [-0.05, 0) is 37.6 Å². The van der Waals surface area contributed by atoms with Crippen LogP contribution in [0.5, 0.6) is 0 Å². The maximum absolute atomic E-state index is 11.6. The molecule has 0 saturated carbocycles. The van der Waals surface area contributed by atoms with Crippen molar-refractivity contribution in [2.75, 3.05) is 17.6 Å². The Labute approximate surface area is 115 Å². The highest BCUT2D eigenvalue weighted by atomic mass is 79.9. The summed E-state index contributed by atoms with van der Waals surface area (Å²) in [5.41, 5.74) is 1.56. The van der Waals surface area contributed by atoms with Gasteiger partial charge >= 0.3 is 0 Å². The Morgan fingerprint density at radius 1 is 1.39 bits per heavy atom. The van der Waals surface area contributed by atoms with Crippen LogP contribution in [-0.2, 0) is 14.8 Å². The summed E-state index contributed by atoms with van der Waals surface area (Å²) >= 11 is 3.32. The summed E-state index contributed by atoms with van der Waals surface area (Å²) in [4.78, 5) is 11.6. The molecule has 0 unspecified atom stereocenters. The number of carbonyl (C=O) groups excluding carboxylic acids is 1. The molecule has 0 radical (unpaired) electrons. The first-order valence-electron chi connectivity index (χ1n) is 5.37. The minimum absolute atomic E-state index is 0.0441. The molecule has 2 N–H and O–H groups in total. The molecule has 0 spiro atoms. The molecular formula is C11H15BrN2O3S. The third-order valence-corrected chi connectivity index (χ3v) is 4.13. The summed E-state index contributed by atoms with van der Waals surface area (Å²) in [6.45, 7) is 3.11. The first kappa shape index (κ1) is 15.1. The normalized spacial score (nSPS) is 11.3. The Morgan fingerprint density at radius 2 is 2.06 bits per heavy atom. The largest absolute Gasteiger partial charge is 0.325 e. The van der Waals surface area contributed by atoms with Crippen LogP contribution in [0.2, 0.25) is 0 Å². The minimum atomic E-state index is -3.34. The van der Waals surface area contributed by atoms with Gasteiger partial charge in [-0.3, -0.25) is 4.79 Å². The molecule has 0 aromatic heterocycles. The van der Waals surface area contributed by atoms with Gasteiger partial charge in [0.05, 0.1) is 12.3 Å². The number of aryl methyl sites for hydroxylation is 1. The average molecular weight is 335 g/mol. The zero-order valence-electron chi connectivity index (χ0n) is 10.2. The second-order valence-corrected chi connectivity index (χ2v) is 6.74. The van der Waals surface area contributed by atoms with Crippen LogP contribution >= 0.6 is 15.9 Å². The second-order valence-electron chi connectivity index (χ2n) is 3.73. The van der Waals surface area contributed by atoms with Crippen LogP contribution in [0.15, 0.2) is 22.7 Å². The highest BCUT2D eigenvalue weighted by Gasteiger charge is 2.10. The van der Waals surface area contributed by atoms with E-state index in [1.54, 1.807) is 12.1 Å². The van der Waals surface area contributed by atoms with Crippen LogP contribution in [0.1, 0.15) is 12.5 Å². The molecule has 18 heavy (non-hydrogen) atoms. The van der Waals surface area contributed by atoms with Gasteiger partial charge in [0, 0.05) is 10.2 Å². The zero-order chi connectivity index (χ0) is 13.8. The van der Waals surface area contributed by atoms with E-state index in [1.807, 2.05) is 13.0 Å². The molecule has 7 heteroatoms. The fourth-order valence-corrected chi connectivity index (χ4v) is 2.27. The van der Waals surface area contributed by atoms with Gasteiger partial charge < -0.3 is 5.32 Å². The lowest BCUT2D eigenvalue weighted by Gasteiger charge is -2.09. The predicted octanol–water partition coefficient (Wildman–Crippen LogP) is 1.64. The van der Waals surface area contributed by atoms with Crippen LogP contribution in [0.3, 0.4) is 0 Å². The van der Waals surface area contributed by atoms with Crippen molar-refractivity contribution in [3.8, 4) is 0 Å². The van der Waals surface area contributed by atoms with E-state index in [-0.39, 0.29) is 12.3 Å². The van der Waals surface area contributed by atoms with Crippen LogP contribution in [0, 0.1) is 6.92 Å². The van der Waals surface area contributed by atoms with E-state index in [0.29, 0.717) is 5.69 Å². The lowest BCUT2D eigenvalue weighted by atomic mass is 10.2. The number of amides is 1. The van der Waals surface area contributed by atoms with Gasteiger partial charge in [0.2, 0.25) is 15.9 Å². The van der Waals surface area contributed by atoms with Crippen molar-refractivity contribution >= 4 is 37.5 Å². The summed E-state index contributed by atoms with van der Waals surface area (Å²) in [5, 5.41) is 2.65. The van der Waals surface area contributed by atoms with Gasteiger partial charge in [-0.25, -0.2) is 13.1 Å². The van der Waals surface area contributed by atoms with Crippen LogP contribution < -0.4 is 10.0 Å². The van der Waals surface area contributed by atoms with Crippen molar-refractivity contribution in [1.29, 1.82) is 0 Å². The Bertz CT molecular complexity index is 543. The number of benzene rings is 1. The van der Waals surface area contributed by atoms with Gasteiger partial charge in [0.1, 0.15) is 0 Å². The minimum Gasteiger partial charge on any atom is -0.325 e. The number of rotatable bonds is 5. The molecule has 0 heterocycles. The summed E-state index contributed by atoms with van der Waals surface area (Å²) in [6, 6.07) is 5.43. The number of hydrogen-bond donors (Lipinski definition) is 2. The number of nitrogens with one attached hydrogen (secondary N) is 2. The second kappa shape index (κ2) is 6.31. The summed E-state index contributed by atoms with van der Waals surface area (Å²) in [5.74, 6) is -0.435. The first-order valence-corrected chi connectivity index (χ1v) is 7.82. The molecule has 0 fully saturated rings. The molecule has 100 valence electrons. The molecule has 5 nitrogen and oxygen atoms in total. The maximum Gasteiger partial charge on any atom is 0.239 e. The Kier molecular flexibility index (Phi) is 5.30. The lowest BCUT2D eigenvalue weighted by molar-refractivity contribution is -0.115. The number of anilines is 1. The van der Waals surface area contributed by atoms with E-state index in [9.17, 15) is 13.2 Å². The number of hydrogen-bond acceptors (Lipinski definition) is 3. The maximum atomic E-state index is 11.6. The molecule has 0 saturated heterocycles. The van der Waals surface area contributed by atoms with Crippen molar-refractivity contribution in [2.45, 2.75) is 13.8 Å². The topological polar surface area (TPSA) is 75.3 Å². The molecule has 0 atom stereocenters. The number of sulfonamides is 1. The standard InChI is InChI=1S/C11H15BrN2O3S/c1-3-18(16,17)13-7-11(15)14-10-5-4-9(12)6-8(10)2/h4-6,13H,3,7H2,1-2H3,(H,14,15). The van der Waals surface area contributed by atoms with Crippen LogP contribution in [0.4, 0.5) is 5.69 Å². The fraction of sp³-hybridized carbons (Fsp3) is 0.364. The zero-order valence-corrected chi connectivity index (χ0v) is 12.6. The van der Waals surface area contributed by atoms with Crippen molar-refractivity contribution in [3.05, 3.63) is 28.2 Å². The first-order chi connectivity index (χ1) is 8.34. The van der Waals surface area contributed by atoms with Crippen molar-refractivity contribution in [1.82, 2.24) is 4.72 Å². The molecular weight excluding hydrogens is 320 g/mol. The Hall–Kier alpha value is -0.920. The SMILES string of the molecule is CCS(=O)(=O)NCC(=O)Nc1ccc(Br)cc1C. The van der Waals surface area contributed by atoms with E-state index in [4.69, 9.17) is 0 Å². The molecule has 0 aliphatic heterocycles. The van der Waals surface area contributed by atoms with Crippen molar-refractivity contribution in [3.63, 3.8) is 0 Å². The van der Waals surface area contributed by atoms with Gasteiger partial charge in [-0.1, -0.05) is 15.9 Å². The van der Waals surface area contributed by atoms with Gasteiger partial charge in [0.15, 0.2) is 0 Å². The smallest absolute Gasteiger partial charge is 0.239 e. The third-order valence-electron chi connectivity index (χ3n) is 2.30. The third kappa shape index (κ3) is 4.75. The fourth-order valence-electron chi connectivity index (χ4n) is 1.24. The Balaban J connectivity index is 2.60. The summed E-state index contributed by atoms with van der Waals surface area (Å²) in [6.07, 6.45) is 0. The highest BCUT2D eigenvalue weighted by molar-refractivity contribution is 9.10.